The number of hydrogen-bond acceptors (Lipinski definition) is 5. The summed E-state index contributed by atoms with van der Waals surface area (Å²) < 4.78 is 53.1. The smallest absolute Gasteiger partial charge is 0.348 e. The van der Waals surface area contributed by atoms with Crippen LogP contribution in [-0.2, 0) is 6.18 Å². The third kappa shape index (κ3) is 3.41. The fraction of sp³-hybridized carbons (Fsp3) is 0.462. The number of anilines is 1. The van der Waals surface area contributed by atoms with Crippen LogP contribution < -0.4 is 10.6 Å². The van der Waals surface area contributed by atoms with Crippen LogP contribution in [0.25, 0.3) is 11.4 Å². The van der Waals surface area contributed by atoms with Crippen molar-refractivity contribution >= 4 is 5.95 Å². The molecule has 23 heavy (non-hydrogen) atoms. The third-order valence-corrected chi connectivity index (χ3v) is 3.57. The highest BCUT2D eigenvalue weighted by atomic mass is 19.4. The SMILES string of the molecule is FC1CNCCC1Nc1ncc(C(F)(F)F)c(-c2cnc[nH]2)n1. The molecule has 1 fully saturated rings. The fourth-order valence-corrected chi connectivity index (χ4v) is 2.40. The molecule has 0 aliphatic carbocycles. The van der Waals surface area contributed by atoms with E-state index < -0.39 is 24.0 Å². The van der Waals surface area contributed by atoms with E-state index in [4.69, 9.17) is 0 Å². The van der Waals surface area contributed by atoms with Gasteiger partial charge in [0.15, 0.2) is 0 Å². The molecular formula is C13H14F4N6. The van der Waals surface area contributed by atoms with E-state index in [1.54, 1.807) is 0 Å². The monoisotopic (exact) mass is 330 g/mol. The first-order chi connectivity index (χ1) is 10.9. The molecule has 1 aliphatic rings. The van der Waals surface area contributed by atoms with Gasteiger partial charge in [0.2, 0.25) is 5.95 Å². The molecule has 124 valence electrons. The summed E-state index contributed by atoms with van der Waals surface area (Å²) in [7, 11) is 0. The number of aromatic amines is 1. The Kier molecular flexibility index (Phi) is 4.16. The Morgan fingerprint density at radius 1 is 1.26 bits per heavy atom. The zero-order valence-corrected chi connectivity index (χ0v) is 11.9. The Balaban J connectivity index is 1.92. The summed E-state index contributed by atoms with van der Waals surface area (Å²) in [5.41, 5.74) is -1.18. The first kappa shape index (κ1) is 15.7. The van der Waals surface area contributed by atoms with E-state index in [9.17, 15) is 17.6 Å². The average Bonchev–Trinajstić information content (AvgIpc) is 3.03. The number of nitrogens with one attached hydrogen (secondary N) is 3. The molecule has 10 heteroatoms. The molecule has 2 aromatic heterocycles. The number of nitrogens with zero attached hydrogens (tertiary/aromatic N) is 3. The number of hydrogen-bond donors (Lipinski definition) is 3. The van der Waals surface area contributed by atoms with Crippen molar-refractivity contribution < 1.29 is 17.6 Å². The van der Waals surface area contributed by atoms with Gasteiger partial charge in [-0.1, -0.05) is 0 Å². The number of halogens is 4. The lowest BCUT2D eigenvalue weighted by Crippen LogP contribution is -2.45. The molecular weight excluding hydrogens is 316 g/mol. The number of aromatic nitrogens is 4. The largest absolute Gasteiger partial charge is 0.420 e. The number of alkyl halides is 4. The summed E-state index contributed by atoms with van der Waals surface area (Å²) in [6, 6.07) is -0.539. The molecule has 1 saturated heterocycles. The summed E-state index contributed by atoms with van der Waals surface area (Å²) in [4.78, 5) is 13.9. The second kappa shape index (κ2) is 6.11. The van der Waals surface area contributed by atoms with Crippen LogP contribution in [0.5, 0.6) is 0 Å². The highest BCUT2D eigenvalue weighted by molar-refractivity contribution is 5.60. The molecule has 2 aromatic rings. The standard InChI is InChI=1S/C13H14F4N6/c14-8-4-18-2-1-9(8)22-12-20-3-7(13(15,16)17)11(23-12)10-5-19-6-21-10/h3,5-6,8-9,18H,1-2,4H2,(H,19,21)(H,20,22,23). The van der Waals surface area contributed by atoms with Gasteiger partial charge in [-0.05, 0) is 13.0 Å². The molecule has 0 aromatic carbocycles. The van der Waals surface area contributed by atoms with Crippen LogP contribution in [0.2, 0.25) is 0 Å². The van der Waals surface area contributed by atoms with Gasteiger partial charge >= 0.3 is 6.18 Å². The minimum absolute atomic E-state index is 0.0443. The minimum Gasteiger partial charge on any atom is -0.348 e. The molecule has 3 rings (SSSR count). The molecule has 3 heterocycles. The number of rotatable bonds is 3. The molecule has 0 spiro atoms. The van der Waals surface area contributed by atoms with Gasteiger partial charge in [0.05, 0.1) is 24.3 Å². The van der Waals surface area contributed by atoms with Gasteiger partial charge in [-0.15, -0.1) is 0 Å². The van der Waals surface area contributed by atoms with Crippen LogP contribution in [0.1, 0.15) is 12.0 Å². The summed E-state index contributed by atoms with van der Waals surface area (Å²) in [6.07, 6.45) is -2.08. The maximum absolute atomic E-state index is 13.8. The maximum Gasteiger partial charge on any atom is 0.420 e. The van der Waals surface area contributed by atoms with Crippen molar-refractivity contribution in [3.63, 3.8) is 0 Å². The summed E-state index contributed by atoms with van der Waals surface area (Å²) in [5.74, 6) is -0.0443. The maximum atomic E-state index is 13.8. The van der Waals surface area contributed by atoms with Crippen molar-refractivity contribution in [3.05, 3.63) is 24.3 Å². The van der Waals surface area contributed by atoms with Gasteiger partial charge < -0.3 is 15.6 Å². The lowest BCUT2D eigenvalue weighted by molar-refractivity contribution is -0.137. The van der Waals surface area contributed by atoms with E-state index >= 15 is 0 Å². The molecule has 0 saturated carbocycles. The lowest BCUT2D eigenvalue weighted by atomic mass is 10.1. The summed E-state index contributed by atoms with van der Waals surface area (Å²) in [6.45, 7) is 0.803. The summed E-state index contributed by atoms with van der Waals surface area (Å²) >= 11 is 0. The Labute approximate surface area is 128 Å². The predicted molar refractivity (Wildman–Crippen MR) is 74.4 cm³/mol. The van der Waals surface area contributed by atoms with Crippen LogP contribution in [0, 0.1) is 0 Å². The molecule has 3 N–H and O–H groups in total. The van der Waals surface area contributed by atoms with E-state index in [2.05, 4.69) is 30.6 Å². The Bertz CT molecular complexity index is 657. The van der Waals surface area contributed by atoms with Crippen LogP contribution >= 0.6 is 0 Å². The van der Waals surface area contributed by atoms with Gasteiger partial charge in [0.1, 0.15) is 17.4 Å². The van der Waals surface area contributed by atoms with E-state index in [0.29, 0.717) is 19.2 Å². The van der Waals surface area contributed by atoms with E-state index in [0.717, 1.165) is 0 Å². The van der Waals surface area contributed by atoms with Crippen LogP contribution in [0.4, 0.5) is 23.5 Å². The van der Waals surface area contributed by atoms with Gasteiger partial charge in [0.25, 0.3) is 0 Å². The molecule has 2 unspecified atom stereocenters. The van der Waals surface area contributed by atoms with Gasteiger partial charge in [-0.2, -0.15) is 13.2 Å². The lowest BCUT2D eigenvalue weighted by Gasteiger charge is -2.27. The van der Waals surface area contributed by atoms with Crippen LogP contribution in [0.15, 0.2) is 18.7 Å². The highest BCUT2D eigenvalue weighted by Crippen LogP contribution is 2.35. The topological polar surface area (TPSA) is 78.5 Å². The van der Waals surface area contributed by atoms with Crippen molar-refractivity contribution in [1.82, 2.24) is 25.3 Å². The molecule has 0 amide bonds. The number of piperidine rings is 1. The van der Waals surface area contributed by atoms with Crippen LogP contribution in [0.3, 0.4) is 0 Å². The zero-order chi connectivity index (χ0) is 16.4. The van der Waals surface area contributed by atoms with E-state index in [1.165, 1.54) is 12.5 Å². The molecule has 0 bridgehead atoms. The Morgan fingerprint density at radius 3 is 2.74 bits per heavy atom. The fourth-order valence-electron chi connectivity index (χ4n) is 2.40. The first-order valence-corrected chi connectivity index (χ1v) is 6.99. The molecule has 2 atom stereocenters. The first-order valence-electron chi connectivity index (χ1n) is 6.99. The zero-order valence-electron chi connectivity index (χ0n) is 11.9. The molecule has 1 aliphatic heterocycles. The third-order valence-electron chi connectivity index (χ3n) is 3.57. The van der Waals surface area contributed by atoms with Gasteiger partial charge in [-0.25, -0.2) is 19.3 Å². The van der Waals surface area contributed by atoms with E-state index in [1.807, 2.05) is 0 Å². The Morgan fingerprint density at radius 2 is 2.09 bits per heavy atom. The molecule has 6 nitrogen and oxygen atoms in total. The van der Waals surface area contributed by atoms with E-state index in [-0.39, 0.29) is 23.9 Å². The van der Waals surface area contributed by atoms with Crippen LogP contribution in [-0.4, -0.2) is 45.2 Å². The number of imidazole rings is 1. The van der Waals surface area contributed by atoms with Crippen molar-refractivity contribution in [2.75, 3.05) is 18.4 Å². The summed E-state index contributed by atoms with van der Waals surface area (Å²) in [5, 5.41) is 5.67. The van der Waals surface area contributed by atoms with Crippen molar-refractivity contribution in [2.24, 2.45) is 0 Å². The second-order valence-electron chi connectivity index (χ2n) is 5.18. The normalized spacial score (nSPS) is 22.1. The average molecular weight is 330 g/mol. The van der Waals surface area contributed by atoms with Crippen molar-refractivity contribution in [2.45, 2.75) is 24.8 Å². The highest BCUT2D eigenvalue weighted by Gasteiger charge is 2.36. The minimum atomic E-state index is -4.60. The van der Waals surface area contributed by atoms with Gasteiger partial charge in [0, 0.05) is 12.7 Å². The van der Waals surface area contributed by atoms with Crippen molar-refractivity contribution in [1.29, 1.82) is 0 Å². The molecule has 0 radical (unpaired) electrons. The quantitative estimate of drug-likeness (QED) is 0.750. The van der Waals surface area contributed by atoms with Crippen molar-refractivity contribution in [3.8, 4) is 11.4 Å². The number of H-pyrrole nitrogens is 1. The van der Waals surface area contributed by atoms with Gasteiger partial charge in [-0.3, -0.25) is 0 Å². The Hall–Kier alpha value is -2.23. The predicted octanol–water partition coefficient (Wildman–Crippen LogP) is 2.00. The second-order valence-corrected chi connectivity index (χ2v) is 5.18.